The van der Waals surface area contributed by atoms with Crippen LogP contribution in [0, 0.1) is 0 Å². The van der Waals surface area contributed by atoms with E-state index in [1.54, 1.807) is 0 Å². The maximum Gasteiger partial charge on any atom is 0.219 e. The van der Waals surface area contributed by atoms with Crippen molar-refractivity contribution in [3.8, 4) is 0 Å². The smallest absolute Gasteiger partial charge is 0.219 e. The van der Waals surface area contributed by atoms with Crippen molar-refractivity contribution in [2.45, 2.75) is 12.5 Å². The Balaban J connectivity index is 3.63. The van der Waals surface area contributed by atoms with Gasteiger partial charge < -0.3 is 11.5 Å². The molecule has 0 fully saturated rings. The van der Waals surface area contributed by atoms with E-state index >= 15 is 0 Å². The molecular formula is C4H8N2O2S. The average Bonchev–Trinajstić information content (AvgIpc) is 1.63. The van der Waals surface area contributed by atoms with E-state index in [0.717, 1.165) is 0 Å². The van der Waals surface area contributed by atoms with Gasteiger partial charge in [-0.25, -0.2) is 0 Å². The number of hydrogen-bond donors (Lipinski definition) is 3. The normalized spacial score (nSPS) is 12.7. The zero-order chi connectivity index (χ0) is 7.44. The van der Waals surface area contributed by atoms with Crippen molar-refractivity contribution in [1.82, 2.24) is 0 Å². The summed E-state index contributed by atoms with van der Waals surface area (Å²) in [6.07, 6.45) is -0.137. The molecule has 0 aromatic rings. The summed E-state index contributed by atoms with van der Waals surface area (Å²) in [5.41, 5.74) is 9.82. The minimum absolute atomic E-state index is 0.137. The average molecular weight is 148 g/mol. The molecule has 0 heterocycles. The van der Waals surface area contributed by atoms with E-state index in [9.17, 15) is 9.59 Å². The SMILES string of the molecule is NC(=O)C[C@H](N)C(=O)S. The highest BCUT2D eigenvalue weighted by Gasteiger charge is 2.10. The highest BCUT2D eigenvalue weighted by molar-refractivity contribution is 7.96. The lowest BCUT2D eigenvalue weighted by molar-refractivity contribution is -0.121. The van der Waals surface area contributed by atoms with E-state index < -0.39 is 17.1 Å². The predicted molar refractivity (Wildman–Crippen MR) is 35.8 cm³/mol. The number of nitrogens with two attached hydrogens (primary N) is 2. The van der Waals surface area contributed by atoms with E-state index in [4.69, 9.17) is 11.5 Å². The maximum absolute atomic E-state index is 10.2. The van der Waals surface area contributed by atoms with E-state index in [0.29, 0.717) is 0 Å². The Labute approximate surface area is 58.0 Å². The molecule has 0 unspecified atom stereocenters. The summed E-state index contributed by atoms with van der Waals surface area (Å²) in [6, 6.07) is -0.856. The maximum atomic E-state index is 10.2. The van der Waals surface area contributed by atoms with Crippen LogP contribution in [0.25, 0.3) is 0 Å². The van der Waals surface area contributed by atoms with E-state index in [1.165, 1.54) is 0 Å². The molecule has 0 aliphatic heterocycles. The molecule has 0 bridgehead atoms. The summed E-state index contributed by atoms with van der Waals surface area (Å²) in [5, 5.41) is -0.520. The summed E-state index contributed by atoms with van der Waals surface area (Å²) in [4.78, 5) is 20.3. The zero-order valence-corrected chi connectivity index (χ0v) is 5.60. The summed E-state index contributed by atoms with van der Waals surface area (Å²) >= 11 is 3.40. The summed E-state index contributed by atoms with van der Waals surface area (Å²) < 4.78 is 0. The van der Waals surface area contributed by atoms with Gasteiger partial charge in [-0.2, -0.15) is 0 Å². The summed E-state index contributed by atoms with van der Waals surface area (Å²) in [7, 11) is 0. The Bertz CT molecular complexity index is 137. The van der Waals surface area contributed by atoms with Crippen LogP contribution in [0.4, 0.5) is 0 Å². The highest BCUT2D eigenvalue weighted by atomic mass is 32.1. The minimum Gasteiger partial charge on any atom is -0.370 e. The zero-order valence-electron chi connectivity index (χ0n) is 4.70. The van der Waals surface area contributed by atoms with Gasteiger partial charge in [0.25, 0.3) is 0 Å². The van der Waals surface area contributed by atoms with Crippen LogP contribution in [0.5, 0.6) is 0 Å². The molecular weight excluding hydrogens is 140 g/mol. The lowest BCUT2D eigenvalue weighted by Gasteiger charge is -2.00. The Morgan fingerprint density at radius 1 is 1.56 bits per heavy atom. The molecule has 0 spiro atoms. The Morgan fingerprint density at radius 3 is 2.11 bits per heavy atom. The number of rotatable bonds is 3. The van der Waals surface area contributed by atoms with Crippen LogP contribution in [-0.2, 0) is 9.59 Å². The first-order chi connectivity index (χ1) is 4.04. The van der Waals surface area contributed by atoms with E-state index in [-0.39, 0.29) is 6.42 Å². The molecule has 0 saturated carbocycles. The number of hydrogen-bond acceptors (Lipinski definition) is 3. The second-order valence-corrected chi connectivity index (χ2v) is 2.06. The molecule has 0 aliphatic rings. The predicted octanol–water partition coefficient (Wildman–Crippen LogP) is -1.35. The van der Waals surface area contributed by atoms with Crippen LogP contribution in [0.3, 0.4) is 0 Å². The van der Waals surface area contributed by atoms with Gasteiger partial charge in [-0.1, -0.05) is 0 Å². The second kappa shape index (κ2) is 3.47. The van der Waals surface area contributed by atoms with Crippen LogP contribution >= 0.6 is 12.6 Å². The molecule has 52 valence electrons. The number of thiol groups is 1. The lowest BCUT2D eigenvalue weighted by atomic mass is 10.2. The minimum atomic E-state index is -0.856. The van der Waals surface area contributed by atoms with Crippen molar-refractivity contribution in [2.75, 3.05) is 0 Å². The van der Waals surface area contributed by atoms with Crippen LogP contribution < -0.4 is 11.5 Å². The molecule has 0 aromatic carbocycles. The fourth-order valence-corrected chi connectivity index (χ4v) is 0.395. The lowest BCUT2D eigenvalue weighted by Crippen LogP contribution is -2.32. The van der Waals surface area contributed by atoms with Crippen molar-refractivity contribution < 1.29 is 9.59 Å². The van der Waals surface area contributed by atoms with Crippen molar-refractivity contribution in [3.63, 3.8) is 0 Å². The quantitative estimate of drug-likeness (QED) is 0.432. The Morgan fingerprint density at radius 2 is 2.00 bits per heavy atom. The van der Waals surface area contributed by atoms with E-state index in [1.807, 2.05) is 0 Å². The van der Waals surface area contributed by atoms with Gasteiger partial charge in [0.1, 0.15) is 0 Å². The number of primary amides is 1. The summed E-state index contributed by atoms with van der Waals surface area (Å²) in [6.45, 7) is 0. The van der Waals surface area contributed by atoms with Gasteiger partial charge in [-0.3, -0.25) is 9.59 Å². The van der Waals surface area contributed by atoms with Crippen molar-refractivity contribution in [1.29, 1.82) is 0 Å². The van der Waals surface area contributed by atoms with Gasteiger partial charge in [-0.15, -0.1) is 12.6 Å². The number of amides is 1. The third-order valence-corrected chi connectivity index (χ3v) is 1.07. The van der Waals surface area contributed by atoms with Gasteiger partial charge >= 0.3 is 0 Å². The standard InChI is InChI=1S/C4H8N2O2S/c5-2(4(8)9)1-3(6)7/h2H,1,5H2,(H2,6,7)(H,8,9)/t2-/m0/s1. The van der Waals surface area contributed by atoms with Crippen LogP contribution in [0.2, 0.25) is 0 Å². The number of carbonyl (C=O) groups excluding carboxylic acids is 2. The molecule has 0 rings (SSSR count). The fourth-order valence-electron chi connectivity index (χ4n) is 0.304. The Kier molecular flexibility index (Phi) is 3.26. The van der Waals surface area contributed by atoms with Gasteiger partial charge in [-0.05, 0) is 0 Å². The monoisotopic (exact) mass is 148 g/mol. The van der Waals surface area contributed by atoms with Crippen LogP contribution in [0.1, 0.15) is 6.42 Å². The van der Waals surface area contributed by atoms with Gasteiger partial charge in [0.2, 0.25) is 11.0 Å². The Hall–Kier alpha value is -0.550. The first-order valence-electron chi connectivity index (χ1n) is 2.30. The van der Waals surface area contributed by atoms with Gasteiger partial charge in [0, 0.05) is 6.42 Å². The molecule has 4 nitrogen and oxygen atoms in total. The second-order valence-electron chi connectivity index (χ2n) is 1.62. The molecule has 0 aromatic heterocycles. The third kappa shape index (κ3) is 3.99. The number of carbonyl (C=O) groups is 2. The van der Waals surface area contributed by atoms with Crippen LogP contribution in [0.15, 0.2) is 0 Å². The summed E-state index contributed by atoms with van der Waals surface area (Å²) in [5.74, 6) is -0.593. The largest absolute Gasteiger partial charge is 0.370 e. The molecule has 0 saturated heterocycles. The molecule has 0 aliphatic carbocycles. The van der Waals surface area contributed by atoms with Gasteiger partial charge in [0.05, 0.1) is 6.04 Å². The van der Waals surface area contributed by atoms with Crippen LogP contribution in [-0.4, -0.2) is 17.1 Å². The molecule has 1 amide bonds. The first kappa shape index (κ1) is 8.45. The van der Waals surface area contributed by atoms with Crippen molar-refractivity contribution in [2.24, 2.45) is 11.5 Å². The molecule has 5 heteroatoms. The molecule has 1 atom stereocenters. The topological polar surface area (TPSA) is 86.2 Å². The molecule has 4 N–H and O–H groups in total. The first-order valence-corrected chi connectivity index (χ1v) is 2.75. The molecule has 0 radical (unpaired) electrons. The fraction of sp³-hybridized carbons (Fsp3) is 0.500. The van der Waals surface area contributed by atoms with Crippen molar-refractivity contribution >= 4 is 23.7 Å². The highest BCUT2D eigenvalue weighted by Crippen LogP contribution is 1.91. The van der Waals surface area contributed by atoms with E-state index in [2.05, 4.69) is 12.6 Å². The molecule has 9 heavy (non-hydrogen) atoms. The van der Waals surface area contributed by atoms with Gasteiger partial charge in [0.15, 0.2) is 0 Å². The van der Waals surface area contributed by atoms with Crippen molar-refractivity contribution in [3.05, 3.63) is 0 Å². The third-order valence-electron chi connectivity index (χ3n) is 0.738.